The van der Waals surface area contributed by atoms with Crippen molar-refractivity contribution in [3.63, 3.8) is 0 Å². The fourth-order valence-corrected chi connectivity index (χ4v) is 2.53. The molecule has 0 N–H and O–H groups in total. The van der Waals surface area contributed by atoms with Crippen molar-refractivity contribution in [2.45, 2.75) is 33.6 Å². The molecule has 0 aromatic rings. The number of hydrogen-bond acceptors (Lipinski definition) is 0. The third-order valence-electron chi connectivity index (χ3n) is 3.36. The quantitative estimate of drug-likeness (QED) is 0.441. The number of allylic oxidation sites excluding steroid dienone is 1. The predicted molar refractivity (Wildman–Crippen MR) is 73.2 cm³/mol. The summed E-state index contributed by atoms with van der Waals surface area (Å²) >= 11 is 0. The molecule has 14 heavy (non-hydrogen) atoms. The van der Waals surface area contributed by atoms with Crippen molar-refractivity contribution >= 4 is 13.8 Å². The van der Waals surface area contributed by atoms with Gasteiger partial charge in [-0.1, -0.05) is 33.3 Å². The molecule has 0 aliphatic heterocycles. The van der Waals surface area contributed by atoms with Gasteiger partial charge in [-0.15, -0.1) is 20.4 Å². The molecule has 1 heteroatoms. The lowest BCUT2D eigenvalue weighted by Crippen LogP contribution is -2.15. The Bertz CT molecular complexity index is 184. The predicted octanol–water partition coefficient (Wildman–Crippen LogP) is 4.14. The first-order chi connectivity index (χ1) is 6.49. The second-order valence-electron chi connectivity index (χ2n) is 4.78. The molecule has 0 heterocycles. The first-order valence-corrected chi connectivity index (χ1v) is 8.17. The zero-order valence-electron chi connectivity index (χ0n) is 10.3. The van der Waals surface area contributed by atoms with E-state index >= 15 is 0 Å². The Morgan fingerprint density at radius 3 is 2.29 bits per heavy atom. The van der Waals surface area contributed by atoms with Crippen molar-refractivity contribution in [1.29, 1.82) is 0 Å². The zero-order valence-corrected chi connectivity index (χ0v) is 11.3. The van der Waals surface area contributed by atoms with Crippen LogP contribution in [0.4, 0.5) is 0 Å². The molecule has 0 nitrogen and oxygen atoms in total. The molecule has 0 saturated carbocycles. The maximum Gasteiger partial charge on any atom is -0.0236 e. The molecular weight excluding hydrogens is 187 g/mol. The van der Waals surface area contributed by atoms with Crippen molar-refractivity contribution in [1.82, 2.24) is 0 Å². The Balaban J connectivity index is 3.77. The van der Waals surface area contributed by atoms with Crippen LogP contribution >= 0.6 is 7.55 Å². The van der Waals surface area contributed by atoms with Gasteiger partial charge in [-0.3, -0.25) is 0 Å². The van der Waals surface area contributed by atoms with E-state index in [1.807, 2.05) is 0 Å². The third kappa shape index (κ3) is 5.70. The van der Waals surface area contributed by atoms with E-state index in [1.165, 1.54) is 19.0 Å². The molecule has 0 saturated heterocycles. The van der Waals surface area contributed by atoms with E-state index in [0.29, 0.717) is 5.92 Å². The Morgan fingerprint density at radius 1 is 1.29 bits per heavy atom. The van der Waals surface area contributed by atoms with Crippen LogP contribution in [0.25, 0.3) is 0 Å². The fourth-order valence-electron chi connectivity index (χ4n) is 1.72. The maximum atomic E-state index is 4.12. The molecule has 0 aromatic heterocycles. The second-order valence-corrected chi connectivity index (χ2v) is 7.19. The van der Waals surface area contributed by atoms with E-state index in [1.54, 1.807) is 0 Å². The molecule has 0 amide bonds. The van der Waals surface area contributed by atoms with Crippen molar-refractivity contribution in [3.8, 4) is 0 Å². The highest BCUT2D eigenvalue weighted by Crippen LogP contribution is 2.26. The summed E-state index contributed by atoms with van der Waals surface area (Å²) in [5.74, 6) is 2.24. The monoisotopic (exact) mass is 214 g/mol. The van der Waals surface area contributed by atoms with Gasteiger partial charge in [0.15, 0.2) is 0 Å². The Morgan fingerprint density at radius 2 is 1.86 bits per heavy atom. The van der Waals surface area contributed by atoms with Crippen LogP contribution in [-0.4, -0.2) is 19.1 Å². The molecular formula is C13H27P. The van der Waals surface area contributed by atoms with E-state index in [-0.39, 0.29) is 7.55 Å². The largest absolute Gasteiger partial charge is 0.128 e. The summed E-state index contributed by atoms with van der Waals surface area (Å²) in [7, 11) is -0.251. The first kappa shape index (κ1) is 14.0. The second kappa shape index (κ2) is 7.35. The molecule has 84 valence electrons. The van der Waals surface area contributed by atoms with Crippen LogP contribution in [0.5, 0.6) is 0 Å². The maximum absolute atomic E-state index is 4.12. The molecule has 0 aliphatic rings. The normalized spacial score (nSPS) is 19.7. The zero-order chi connectivity index (χ0) is 11.1. The number of hydrogen-bond donors (Lipinski definition) is 0. The smallest absolute Gasteiger partial charge is 0.0236 e. The average Bonchev–Trinajstić information content (AvgIpc) is 2.14. The van der Waals surface area contributed by atoms with Crippen molar-refractivity contribution in [2.24, 2.45) is 17.8 Å². The van der Waals surface area contributed by atoms with Gasteiger partial charge in [0.25, 0.3) is 0 Å². The Hall–Kier alpha value is 0.0400. The van der Waals surface area contributed by atoms with Crippen LogP contribution in [0.2, 0.25) is 0 Å². The van der Waals surface area contributed by atoms with Gasteiger partial charge in [-0.2, -0.15) is 0 Å². The third-order valence-corrected chi connectivity index (χ3v) is 4.57. The summed E-state index contributed by atoms with van der Waals surface area (Å²) in [6.45, 7) is 13.1. The summed E-state index contributed by atoms with van der Waals surface area (Å²) < 4.78 is 0. The molecule has 0 bridgehead atoms. The molecule has 0 spiro atoms. The molecule has 4 atom stereocenters. The molecule has 0 radical (unpaired) electrons. The van der Waals surface area contributed by atoms with Crippen LogP contribution in [0, 0.1) is 17.8 Å². The topological polar surface area (TPSA) is 0 Å². The van der Waals surface area contributed by atoms with Crippen LogP contribution < -0.4 is 0 Å². The summed E-state index contributed by atoms with van der Waals surface area (Å²) in [6.07, 6.45) is 10.3. The fraction of sp³-hybridized carbons (Fsp3) is 0.769. The highest BCUT2D eigenvalue weighted by atomic mass is 31.1. The van der Waals surface area contributed by atoms with Crippen molar-refractivity contribution in [3.05, 3.63) is 12.7 Å². The van der Waals surface area contributed by atoms with Crippen LogP contribution in [-0.2, 0) is 0 Å². The van der Waals surface area contributed by atoms with Crippen molar-refractivity contribution < 1.29 is 0 Å². The van der Waals surface area contributed by atoms with E-state index in [0.717, 1.165) is 11.8 Å². The first-order valence-electron chi connectivity index (χ1n) is 5.76. The van der Waals surface area contributed by atoms with Gasteiger partial charge in [0.1, 0.15) is 0 Å². The highest BCUT2D eigenvalue weighted by Gasteiger charge is 2.15. The molecule has 4 unspecified atom stereocenters. The van der Waals surface area contributed by atoms with Crippen LogP contribution in [0.3, 0.4) is 0 Å². The van der Waals surface area contributed by atoms with E-state index < -0.39 is 0 Å². The van der Waals surface area contributed by atoms with Gasteiger partial charge in [0.2, 0.25) is 0 Å². The summed E-state index contributed by atoms with van der Waals surface area (Å²) in [4.78, 5) is 0. The van der Waals surface area contributed by atoms with E-state index in [4.69, 9.17) is 0 Å². The summed E-state index contributed by atoms with van der Waals surface area (Å²) in [5.41, 5.74) is 0. The van der Waals surface area contributed by atoms with E-state index in [2.05, 4.69) is 46.4 Å². The summed E-state index contributed by atoms with van der Waals surface area (Å²) in [5, 5.41) is 0. The van der Waals surface area contributed by atoms with Gasteiger partial charge in [0, 0.05) is 0 Å². The van der Waals surface area contributed by atoms with Gasteiger partial charge >= 0.3 is 0 Å². The van der Waals surface area contributed by atoms with Crippen molar-refractivity contribution in [2.75, 3.05) is 12.8 Å². The minimum Gasteiger partial charge on any atom is -0.128 e. The lowest BCUT2D eigenvalue weighted by Gasteiger charge is -2.23. The van der Waals surface area contributed by atoms with Gasteiger partial charge in [-0.05, 0) is 37.0 Å². The standard InChI is InChI=1S/C13H27P/c1-7-11(2)13(4)12(3)9-8-10-14(5)6/h7,11-14H,1,5,8-10H2,2-4,6H3. The van der Waals surface area contributed by atoms with Crippen LogP contribution in [0.1, 0.15) is 33.6 Å². The van der Waals surface area contributed by atoms with Gasteiger partial charge in [0.05, 0.1) is 0 Å². The Labute approximate surface area is 91.2 Å². The molecule has 0 fully saturated rings. The lowest BCUT2D eigenvalue weighted by molar-refractivity contribution is 0.302. The summed E-state index contributed by atoms with van der Waals surface area (Å²) in [6, 6.07) is 0. The molecule has 0 aromatic carbocycles. The highest BCUT2D eigenvalue weighted by molar-refractivity contribution is 7.54. The minimum atomic E-state index is -0.251. The molecule has 0 aliphatic carbocycles. The van der Waals surface area contributed by atoms with E-state index in [9.17, 15) is 0 Å². The molecule has 0 rings (SSSR count). The Kier molecular flexibility index (Phi) is 7.37. The van der Waals surface area contributed by atoms with Crippen LogP contribution in [0.15, 0.2) is 12.7 Å². The van der Waals surface area contributed by atoms with Gasteiger partial charge < -0.3 is 0 Å². The lowest BCUT2D eigenvalue weighted by atomic mass is 9.83. The average molecular weight is 214 g/mol. The minimum absolute atomic E-state index is 0.251. The SMILES string of the molecule is C=CC(C)C(C)C(C)CCC[PH](=C)C. The number of rotatable bonds is 7. The van der Waals surface area contributed by atoms with Gasteiger partial charge in [-0.25, -0.2) is 0 Å².